The Kier molecular flexibility index (Phi) is 5.25. The van der Waals surface area contributed by atoms with Crippen molar-refractivity contribution in [1.29, 1.82) is 0 Å². The van der Waals surface area contributed by atoms with E-state index in [4.69, 9.17) is 9.26 Å². The van der Waals surface area contributed by atoms with Gasteiger partial charge in [0, 0.05) is 48.8 Å². The second kappa shape index (κ2) is 8.19. The predicted molar refractivity (Wildman–Crippen MR) is 114 cm³/mol. The first kappa shape index (κ1) is 19.2. The first-order valence-corrected chi connectivity index (χ1v) is 10.9. The third-order valence-corrected chi connectivity index (χ3v) is 6.47. The fraction of sp³-hybridized carbons (Fsp3) is 0.458. The molecule has 0 unspecified atom stereocenters. The van der Waals surface area contributed by atoms with Crippen molar-refractivity contribution in [3.8, 4) is 17.1 Å². The summed E-state index contributed by atoms with van der Waals surface area (Å²) in [6.07, 6.45) is 10.3. The van der Waals surface area contributed by atoms with Gasteiger partial charge in [0.15, 0.2) is 0 Å². The lowest BCUT2D eigenvalue weighted by molar-refractivity contribution is 0.180. The highest BCUT2D eigenvalue weighted by molar-refractivity contribution is 5.62. The molecule has 1 aliphatic carbocycles. The number of nitrogens with zero attached hydrogens (tertiary/aromatic N) is 4. The van der Waals surface area contributed by atoms with Gasteiger partial charge >= 0.3 is 0 Å². The Labute approximate surface area is 177 Å². The van der Waals surface area contributed by atoms with Gasteiger partial charge in [0.2, 0.25) is 5.88 Å². The van der Waals surface area contributed by atoms with Crippen LogP contribution in [0.15, 0.2) is 35.1 Å². The molecule has 1 aliphatic heterocycles. The van der Waals surface area contributed by atoms with Crippen LogP contribution in [0.1, 0.15) is 53.8 Å². The van der Waals surface area contributed by atoms with E-state index in [-0.39, 0.29) is 0 Å². The van der Waals surface area contributed by atoms with Crippen molar-refractivity contribution in [2.24, 2.45) is 0 Å². The second-order valence-electron chi connectivity index (χ2n) is 8.49. The topological polar surface area (TPSA) is 64.3 Å². The first-order chi connectivity index (χ1) is 14.7. The molecule has 5 rings (SSSR count). The van der Waals surface area contributed by atoms with Crippen LogP contribution in [0, 0.1) is 13.8 Å². The summed E-state index contributed by atoms with van der Waals surface area (Å²) >= 11 is 0. The maximum Gasteiger partial charge on any atom is 0.213 e. The van der Waals surface area contributed by atoms with Crippen LogP contribution in [0.25, 0.3) is 11.3 Å². The van der Waals surface area contributed by atoms with Crippen molar-refractivity contribution in [3.05, 3.63) is 58.7 Å². The number of fused-ring (bicyclic) bond motifs is 1. The zero-order chi connectivity index (χ0) is 20.5. The lowest BCUT2D eigenvalue weighted by Crippen LogP contribution is -2.37. The third-order valence-electron chi connectivity index (χ3n) is 6.47. The van der Waals surface area contributed by atoms with Gasteiger partial charge in [0.05, 0.1) is 5.56 Å². The van der Waals surface area contributed by atoms with E-state index in [1.54, 1.807) is 0 Å². The molecule has 1 fully saturated rings. The van der Waals surface area contributed by atoms with E-state index in [0.717, 1.165) is 53.8 Å². The van der Waals surface area contributed by atoms with Crippen molar-refractivity contribution < 1.29 is 9.26 Å². The Balaban J connectivity index is 1.29. The molecule has 0 aromatic carbocycles. The number of hydrogen-bond acceptors (Lipinski definition) is 6. The van der Waals surface area contributed by atoms with Gasteiger partial charge in [-0.05, 0) is 56.4 Å². The zero-order valence-electron chi connectivity index (χ0n) is 17.7. The quantitative estimate of drug-likeness (QED) is 0.618. The molecule has 2 aliphatic rings. The molecule has 3 aromatic heterocycles. The van der Waals surface area contributed by atoms with E-state index in [1.807, 2.05) is 38.4 Å². The first-order valence-electron chi connectivity index (χ1n) is 10.9. The van der Waals surface area contributed by atoms with Crippen LogP contribution in [0.5, 0.6) is 5.88 Å². The molecule has 156 valence electrons. The lowest BCUT2D eigenvalue weighted by atomic mass is 10.00. The van der Waals surface area contributed by atoms with E-state index in [1.165, 1.54) is 36.8 Å². The van der Waals surface area contributed by atoms with Crippen LogP contribution in [0.3, 0.4) is 0 Å². The summed E-state index contributed by atoms with van der Waals surface area (Å²) in [5, 5.41) is 4.22. The summed E-state index contributed by atoms with van der Waals surface area (Å²) in [4.78, 5) is 11.6. The van der Waals surface area contributed by atoms with Crippen LogP contribution in [-0.2, 0) is 19.6 Å². The van der Waals surface area contributed by atoms with Crippen LogP contribution in [0.2, 0.25) is 0 Å². The van der Waals surface area contributed by atoms with Crippen molar-refractivity contribution >= 4 is 0 Å². The molecule has 6 heteroatoms. The minimum atomic E-state index is 0.374. The van der Waals surface area contributed by atoms with E-state index >= 15 is 0 Å². The van der Waals surface area contributed by atoms with Crippen LogP contribution < -0.4 is 4.74 Å². The molecule has 1 saturated carbocycles. The minimum absolute atomic E-state index is 0.374. The highest BCUT2D eigenvalue weighted by Crippen LogP contribution is 2.30. The van der Waals surface area contributed by atoms with Crippen LogP contribution in [0.4, 0.5) is 0 Å². The van der Waals surface area contributed by atoms with Crippen molar-refractivity contribution in [2.45, 2.75) is 65.1 Å². The Hall–Kier alpha value is -2.73. The van der Waals surface area contributed by atoms with Crippen molar-refractivity contribution in [2.75, 3.05) is 6.54 Å². The normalized spacial score (nSPS) is 17.3. The van der Waals surface area contributed by atoms with Gasteiger partial charge in [0.1, 0.15) is 18.1 Å². The molecule has 6 nitrogen and oxygen atoms in total. The molecule has 0 bridgehead atoms. The molecule has 3 aromatic rings. The summed E-state index contributed by atoms with van der Waals surface area (Å²) in [5.41, 5.74) is 6.33. The number of aryl methyl sites for hydroxylation is 2. The molecule has 4 heterocycles. The molecule has 0 radical (unpaired) electrons. The summed E-state index contributed by atoms with van der Waals surface area (Å²) in [6, 6.07) is 6.86. The standard InChI is InChI=1S/C24H28N4O2/c1-16-7-8-19(12-25-16)24-22(17(2)30-27-24)15-29-23-11-18-9-10-28(14-20(18)13-26-23)21-5-3-4-6-21/h7-8,11-13,21H,3-6,9-10,14-15H2,1-2H3. The zero-order valence-corrected chi connectivity index (χ0v) is 17.7. The summed E-state index contributed by atoms with van der Waals surface area (Å²) < 4.78 is 11.5. The molecule has 0 atom stereocenters. The average molecular weight is 405 g/mol. The summed E-state index contributed by atoms with van der Waals surface area (Å²) in [7, 11) is 0. The van der Waals surface area contributed by atoms with Gasteiger partial charge in [-0.15, -0.1) is 0 Å². The molecular weight excluding hydrogens is 376 g/mol. The Morgan fingerprint density at radius 2 is 1.97 bits per heavy atom. The lowest BCUT2D eigenvalue weighted by Gasteiger charge is -2.33. The van der Waals surface area contributed by atoms with Gasteiger partial charge in [0.25, 0.3) is 0 Å². The fourth-order valence-corrected chi connectivity index (χ4v) is 4.64. The summed E-state index contributed by atoms with van der Waals surface area (Å²) in [6.45, 7) is 6.41. The van der Waals surface area contributed by atoms with Crippen LogP contribution in [-0.4, -0.2) is 32.6 Å². The number of pyridine rings is 2. The predicted octanol–water partition coefficient (Wildman–Crippen LogP) is 4.63. The maximum absolute atomic E-state index is 6.06. The fourth-order valence-electron chi connectivity index (χ4n) is 4.64. The smallest absolute Gasteiger partial charge is 0.213 e. The van der Waals surface area contributed by atoms with Crippen LogP contribution >= 0.6 is 0 Å². The molecule has 0 spiro atoms. The third kappa shape index (κ3) is 3.84. The van der Waals surface area contributed by atoms with Gasteiger partial charge in [-0.3, -0.25) is 9.88 Å². The van der Waals surface area contributed by atoms with Gasteiger partial charge in [-0.1, -0.05) is 18.0 Å². The molecular formula is C24H28N4O2. The number of aromatic nitrogens is 3. The van der Waals surface area contributed by atoms with E-state index in [9.17, 15) is 0 Å². The Bertz CT molecular complexity index is 1020. The number of rotatable bonds is 5. The number of ether oxygens (including phenoxy) is 1. The molecule has 30 heavy (non-hydrogen) atoms. The van der Waals surface area contributed by atoms with E-state index < -0.39 is 0 Å². The van der Waals surface area contributed by atoms with E-state index in [2.05, 4.69) is 26.1 Å². The monoisotopic (exact) mass is 404 g/mol. The second-order valence-corrected chi connectivity index (χ2v) is 8.49. The molecule has 0 amide bonds. The highest BCUT2D eigenvalue weighted by atomic mass is 16.5. The molecule has 0 N–H and O–H groups in total. The van der Waals surface area contributed by atoms with Gasteiger partial charge in [-0.2, -0.15) is 0 Å². The van der Waals surface area contributed by atoms with Gasteiger partial charge in [-0.25, -0.2) is 4.98 Å². The average Bonchev–Trinajstić information content (AvgIpc) is 3.43. The SMILES string of the molecule is Cc1ccc(-c2noc(C)c2COc2cc3c(cn2)CN(C2CCCC2)CC3)cn1. The summed E-state index contributed by atoms with van der Waals surface area (Å²) in [5.74, 6) is 1.42. The van der Waals surface area contributed by atoms with Crippen molar-refractivity contribution in [3.63, 3.8) is 0 Å². The Morgan fingerprint density at radius 1 is 1.10 bits per heavy atom. The minimum Gasteiger partial charge on any atom is -0.473 e. The van der Waals surface area contributed by atoms with E-state index in [0.29, 0.717) is 12.5 Å². The number of hydrogen-bond donors (Lipinski definition) is 0. The largest absolute Gasteiger partial charge is 0.473 e. The molecule has 0 saturated heterocycles. The van der Waals surface area contributed by atoms with Crippen molar-refractivity contribution in [1.82, 2.24) is 20.0 Å². The maximum atomic E-state index is 6.06. The Morgan fingerprint density at radius 3 is 2.77 bits per heavy atom. The van der Waals surface area contributed by atoms with Gasteiger partial charge < -0.3 is 9.26 Å². The highest BCUT2D eigenvalue weighted by Gasteiger charge is 2.26.